The van der Waals surface area contributed by atoms with Crippen LogP contribution in [0.15, 0.2) is 0 Å². The Hall–Kier alpha value is -0.0800. The molecule has 3 atom stereocenters. The summed E-state index contributed by atoms with van der Waals surface area (Å²) < 4.78 is 0. The van der Waals surface area contributed by atoms with Gasteiger partial charge in [-0.25, -0.2) is 0 Å². The first-order valence-electron chi connectivity index (χ1n) is 6.31. The van der Waals surface area contributed by atoms with Crippen LogP contribution in [-0.2, 0) is 0 Å². The molecule has 0 aromatic heterocycles. The number of hydrogen-bond acceptors (Lipinski definition) is 2. The summed E-state index contributed by atoms with van der Waals surface area (Å²) in [5, 5.41) is 0. The molecule has 1 heterocycles. The Morgan fingerprint density at radius 3 is 2.57 bits per heavy atom. The molecule has 2 saturated carbocycles. The van der Waals surface area contributed by atoms with E-state index >= 15 is 0 Å². The second-order valence-electron chi connectivity index (χ2n) is 5.68. The first kappa shape index (κ1) is 9.17. The van der Waals surface area contributed by atoms with Crippen molar-refractivity contribution in [3.05, 3.63) is 0 Å². The van der Waals surface area contributed by atoms with Crippen molar-refractivity contribution in [2.45, 2.75) is 38.1 Å². The maximum Gasteiger partial charge on any atom is 0.00826 e. The van der Waals surface area contributed by atoms with Gasteiger partial charge in [0, 0.05) is 25.7 Å². The molecule has 0 aromatic rings. The van der Waals surface area contributed by atoms with Gasteiger partial charge in [0.25, 0.3) is 0 Å². The van der Waals surface area contributed by atoms with Gasteiger partial charge in [-0.1, -0.05) is 6.42 Å². The fraction of sp³-hybridized carbons (Fsp3) is 1.00. The highest BCUT2D eigenvalue weighted by Gasteiger charge is 2.41. The Morgan fingerprint density at radius 1 is 1.07 bits per heavy atom. The summed E-state index contributed by atoms with van der Waals surface area (Å²) in [6.07, 6.45) is 7.13. The van der Waals surface area contributed by atoms with Crippen LogP contribution in [0.4, 0.5) is 0 Å². The minimum absolute atomic E-state index is 0.520. The topological polar surface area (TPSA) is 29.3 Å². The largest absolute Gasteiger partial charge is 0.327 e. The lowest BCUT2D eigenvalue weighted by atomic mass is 9.85. The van der Waals surface area contributed by atoms with Crippen LogP contribution in [-0.4, -0.2) is 30.6 Å². The molecule has 2 heteroatoms. The molecule has 3 aliphatic rings. The highest BCUT2D eigenvalue weighted by atomic mass is 15.2. The van der Waals surface area contributed by atoms with Crippen LogP contribution in [0.1, 0.15) is 32.1 Å². The molecule has 0 spiro atoms. The van der Waals surface area contributed by atoms with Crippen molar-refractivity contribution >= 4 is 0 Å². The smallest absolute Gasteiger partial charge is 0.00826 e. The summed E-state index contributed by atoms with van der Waals surface area (Å²) in [5.74, 6) is 2.82. The van der Waals surface area contributed by atoms with Gasteiger partial charge in [-0.2, -0.15) is 0 Å². The third kappa shape index (κ3) is 1.49. The van der Waals surface area contributed by atoms with E-state index in [4.69, 9.17) is 5.73 Å². The predicted octanol–water partition coefficient (Wildman–Crippen LogP) is 1.46. The molecule has 0 radical (unpaired) electrons. The zero-order valence-corrected chi connectivity index (χ0v) is 8.99. The van der Waals surface area contributed by atoms with Crippen LogP contribution in [0, 0.1) is 17.8 Å². The maximum absolute atomic E-state index is 6.13. The standard InChI is InChI=1S/C12H22N2/c13-12-5-4-10-7-14(8-11(10)12)6-9-2-1-3-9/h9-12H,1-8,13H2. The number of fused-ring (bicyclic) bond motifs is 1. The normalized spacial score (nSPS) is 43.9. The van der Waals surface area contributed by atoms with Crippen LogP contribution in [0.3, 0.4) is 0 Å². The number of nitrogens with two attached hydrogens (primary N) is 1. The molecule has 3 unspecified atom stereocenters. The number of hydrogen-bond donors (Lipinski definition) is 1. The number of rotatable bonds is 2. The molecule has 1 aliphatic heterocycles. The van der Waals surface area contributed by atoms with Gasteiger partial charge in [-0.05, 0) is 43.4 Å². The average molecular weight is 194 g/mol. The summed E-state index contributed by atoms with van der Waals surface area (Å²) in [4.78, 5) is 2.69. The second kappa shape index (κ2) is 3.49. The van der Waals surface area contributed by atoms with Crippen LogP contribution >= 0.6 is 0 Å². The van der Waals surface area contributed by atoms with E-state index in [1.807, 2.05) is 0 Å². The maximum atomic E-state index is 6.13. The summed E-state index contributed by atoms with van der Waals surface area (Å²) in [6.45, 7) is 4.04. The predicted molar refractivity (Wildman–Crippen MR) is 58.0 cm³/mol. The van der Waals surface area contributed by atoms with Gasteiger partial charge in [0.1, 0.15) is 0 Å². The molecule has 3 rings (SSSR count). The van der Waals surface area contributed by atoms with E-state index in [2.05, 4.69) is 4.90 Å². The van der Waals surface area contributed by atoms with Crippen LogP contribution in [0.25, 0.3) is 0 Å². The SMILES string of the molecule is NC1CCC2CN(CC3CCC3)CC12. The average Bonchev–Trinajstić information content (AvgIpc) is 2.62. The summed E-state index contributed by atoms with van der Waals surface area (Å²) in [5.41, 5.74) is 6.13. The van der Waals surface area contributed by atoms with Gasteiger partial charge in [0.15, 0.2) is 0 Å². The van der Waals surface area contributed by atoms with E-state index in [0.717, 1.165) is 17.8 Å². The molecular weight excluding hydrogens is 172 g/mol. The molecular formula is C12H22N2. The molecule has 14 heavy (non-hydrogen) atoms. The van der Waals surface area contributed by atoms with E-state index in [1.165, 1.54) is 51.7 Å². The molecule has 0 aromatic carbocycles. The molecule has 3 fully saturated rings. The first-order valence-corrected chi connectivity index (χ1v) is 6.31. The Morgan fingerprint density at radius 2 is 1.93 bits per heavy atom. The van der Waals surface area contributed by atoms with Crippen molar-refractivity contribution in [1.82, 2.24) is 4.90 Å². The van der Waals surface area contributed by atoms with E-state index in [9.17, 15) is 0 Å². The number of likely N-dealkylation sites (tertiary alicyclic amines) is 1. The van der Waals surface area contributed by atoms with Crippen molar-refractivity contribution in [3.63, 3.8) is 0 Å². The highest BCUT2D eigenvalue weighted by Crippen LogP contribution is 2.38. The second-order valence-corrected chi connectivity index (χ2v) is 5.68. The van der Waals surface area contributed by atoms with E-state index in [1.54, 1.807) is 0 Å². The number of nitrogens with zero attached hydrogens (tertiary/aromatic N) is 1. The monoisotopic (exact) mass is 194 g/mol. The highest BCUT2D eigenvalue weighted by molar-refractivity contribution is 4.96. The fourth-order valence-corrected chi connectivity index (χ4v) is 3.59. The van der Waals surface area contributed by atoms with E-state index in [0.29, 0.717) is 6.04 Å². The van der Waals surface area contributed by atoms with Gasteiger partial charge < -0.3 is 10.6 Å². The lowest BCUT2D eigenvalue weighted by Gasteiger charge is -2.30. The van der Waals surface area contributed by atoms with Gasteiger partial charge in [0.2, 0.25) is 0 Å². The molecule has 80 valence electrons. The Labute approximate surface area is 86.8 Å². The fourth-order valence-electron chi connectivity index (χ4n) is 3.59. The molecule has 2 aliphatic carbocycles. The van der Waals surface area contributed by atoms with Crippen LogP contribution < -0.4 is 5.73 Å². The van der Waals surface area contributed by atoms with Crippen molar-refractivity contribution in [3.8, 4) is 0 Å². The Kier molecular flexibility index (Phi) is 2.29. The third-order valence-electron chi connectivity index (χ3n) is 4.73. The minimum Gasteiger partial charge on any atom is -0.327 e. The third-order valence-corrected chi connectivity index (χ3v) is 4.73. The van der Waals surface area contributed by atoms with Crippen molar-refractivity contribution < 1.29 is 0 Å². The summed E-state index contributed by atoms with van der Waals surface area (Å²) in [7, 11) is 0. The van der Waals surface area contributed by atoms with Gasteiger partial charge >= 0.3 is 0 Å². The van der Waals surface area contributed by atoms with E-state index < -0.39 is 0 Å². The van der Waals surface area contributed by atoms with E-state index in [-0.39, 0.29) is 0 Å². The zero-order valence-electron chi connectivity index (χ0n) is 8.99. The van der Waals surface area contributed by atoms with Crippen molar-refractivity contribution in [2.24, 2.45) is 23.5 Å². The lowest BCUT2D eigenvalue weighted by molar-refractivity contribution is 0.194. The zero-order chi connectivity index (χ0) is 9.54. The van der Waals surface area contributed by atoms with Crippen molar-refractivity contribution in [2.75, 3.05) is 19.6 Å². The summed E-state index contributed by atoms with van der Waals surface area (Å²) in [6, 6.07) is 0.520. The summed E-state index contributed by atoms with van der Waals surface area (Å²) >= 11 is 0. The molecule has 2 nitrogen and oxygen atoms in total. The Bertz CT molecular complexity index is 212. The van der Waals surface area contributed by atoms with Gasteiger partial charge in [-0.3, -0.25) is 0 Å². The van der Waals surface area contributed by atoms with Crippen LogP contribution in [0.5, 0.6) is 0 Å². The Balaban J connectivity index is 1.54. The first-order chi connectivity index (χ1) is 6.83. The lowest BCUT2D eigenvalue weighted by Crippen LogP contribution is -2.34. The minimum atomic E-state index is 0.520. The van der Waals surface area contributed by atoms with Gasteiger partial charge in [0.05, 0.1) is 0 Å². The molecule has 1 saturated heterocycles. The molecule has 0 bridgehead atoms. The van der Waals surface area contributed by atoms with Crippen LogP contribution in [0.2, 0.25) is 0 Å². The van der Waals surface area contributed by atoms with Crippen molar-refractivity contribution in [1.29, 1.82) is 0 Å². The molecule has 2 N–H and O–H groups in total. The quantitative estimate of drug-likeness (QED) is 0.721. The molecule has 0 amide bonds. The van der Waals surface area contributed by atoms with Gasteiger partial charge in [-0.15, -0.1) is 0 Å².